The molecule has 1 aromatic carbocycles. The van der Waals surface area contributed by atoms with E-state index < -0.39 is 23.2 Å². The van der Waals surface area contributed by atoms with E-state index >= 15 is 0 Å². The summed E-state index contributed by atoms with van der Waals surface area (Å²) < 4.78 is 22.7. The molecule has 0 fully saturated rings. The molecule has 1 N–H and O–H groups in total. The predicted molar refractivity (Wildman–Crippen MR) is 122 cm³/mol. The van der Waals surface area contributed by atoms with Crippen LogP contribution in [-0.2, 0) is 30.3 Å². The molecule has 0 spiro atoms. The normalized spacial score (nSPS) is 15.8. The van der Waals surface area contributed by atoms with Crippen molar-refractivity contribution in [2.75, 3.05) is 20.5 Å². The molecule has 3 atom stereocenters. The third kappa shape index (κ3) is 10.1. The summed E-state index contributed by atoms with van der Waals surface area (Å²) in [6.07, 6.45) is 3.24. The standard InChI is InChI=1S/C25H42O6/c1-7-8-9-13-16-25(5,31-17-20-14-11-10-12-15-20)22(30-19-28-6)21(26)18-29-23(27)24(2,3)4/h10-12,14-15,21-22,26H,7-9,13,16-19H2,1-6H3/t21-,22-,25+/m1/s1. The number of esters is 1. The third-order valence-corrected chi connectivity index (χ3v) is 5.25. The van der Waals surface area contributed by atoms with E-state index in [1.807, 2.05) is 37.3 Å². The zero-order valence-electron chi connectivity index (χ0n) is 20.2. The minimum atomic E-state index is -1.05. The van der Waals surface area contributed by atoms with Gasteiger partial charge < -0.3 is 24.1 Å². The molecule has 0 unspecified atom stereocenters. The van der Waals surface area contributed by atoms with Crippen LogP contribution in [0.25, 0.3) is 0 Å². The number of carbonyl (C=O) groups is 1. The van der Waals surface area contributed by atoms with Gasteiger partial charge >= 0.3 is 5.97 Å². The van der Waals surface area contributed by atoms with E-state index in [2.05, 4.69) is 6.92 Å². The van der Waals surface area contributed by atoms with Crippen molar-refractivity contribution >= 4 is 5.97 Å². The van der Waals surface area contributed by atoms with Crippen molar-refractivity contribution in [3.8, 4) is 0 Å². The van der Waals surface area contributed by atoms with Gasteiger partial charge in [-0.15, -0.1) is 0 Å². The van der Waals surface area contributed by atoms with Gasteiger partial charge in [0.25, 0.3) is 0 Å². The molecule has 0 bridgehead atoms. The molecule has 0 aliphatic carbocycles. The maximum Gasteiger partial charge on any atom is 0.311 e. The third-order valence-electron chi connectivity index (χ3n) is 5.25. The summed E-state index contributed by atoms with van der Waals surface area (Å²) in [4.78, 5) is 12.2. The lowest BCUT2D eigenvalue weighted by molar-refractivity contribution is -0.217. The molecule has 0 aliphatic heterocycles. The fourth-order valence-electron chi connectivity index (χ4n) is 3.32. The first-order valence-corrected chi connectivity index (χ1v) is 11.3. The number of hydrogen-bond donors (Lipinski definition) is 1. The van der Waals surface area contributed by atoms with Crippen LogP contribution >= 0.6 is 0 Å². The smallest absolute Gasteiger partial charge is 0.311 e. The molecule has 1 aromatic rings. The Hall–Kier alpha value is -1.47. The lowest BCUT2D eigenvalue weighted by atomic mass is 9.88. The van der Waals surface area contributed by atoms with Gasteiger partial charge in [-0.3, -0.25) is 4.79 Å². The molecule has 6 heteroatoms. The summed E-state index contributed by atoms with van der Waals surface area (Å²) in [5.41, 5.74) is -0.382. The van der Waals surface area contributed by atoms with Gasteiger partial charge in [0.05, 0.1) is 17.6 Å². The molecule has 0 saturated carbocycles. The summed E-state index contributed by atoms with van der Waals surface area (Å²) in [6, 6.07) is 9.91. The second-order valence-electron chi connectivity index (χ2n) is 9.31. The van der Waals surface area contributed by atoms with E-state index in [9.17, 15) is 9.90 Å². The largest absolute Gasteiger partial charge is 0.462 e. The van der Waals surface area contributed by atoms with Crippen LogP contribution in [0.4, 0.5) is 0 Å². The number of unbranched alkanes of at least 4 members (excludes halogenated alkanes) is 3. The number of carbonyl (C=O) groups excluding carboxylic acids is 1. The second kappa shape index (κ2) is 13.8. The zero-order chi connectivity index (χ0) is 23.3. The number of aliphatic hydroxyl groups excluding tert-OH is 1. The highest BCUT2D eigenvalue weighted by Gasteiger charge is 2.41. The maximum absolute atomic E-state index is 12.2. The Morgan fingerprint density at radius 2 is 1.74 bits per heavy atom. The quantitative estimate of drug-likeness (QED) is 0.239. The predicted octanol–water partition coefficient (Wildman–Crippen LogP) is 4.87. The second-order valence-corrected chi connectivity index (χ2v) is 9.31. The summed E-state index contributed by atoms with van der Waals surface area (Å²) >= 11 is 0. The zero-order valence-corrected chi connectivity index (χ0v) is 20.2. The lowest BCUT2D eigenvalue weighted by Crippen LogP contribution is -2.52. The highest BCUT2D eigenvalue weighted by molar-refractivity contribution is 5.75. The number of benzene rings is 1. The Balaban J connectivity index is 2.97. The van der Waals surface area contributed by atoms with E-state index in [4.69, 9.17) is 18.9 Å². The van der Waals surface area contributed by atoms with Crippen molar-refractivity contribution in [3.05, 3.63) is 35.9 Å². The molecule has 178 valence electrons. The summed E-state index contributed by atoms with van der Waals surface area (Å²) in [6.45, 7) is 9.70. The van der Waals surface area contributed by atoms with Crippen molar-refractivity contribution in [1.29, 1.82) is 0 Å². The average molecular weight is 439 g/mol. The van der Waals surface area contributed by atoms with Crippen molar-refractivity contribution < 1.29 is 28.8 Å². The molecule has 1 rings (SSSR count). The number of ether oxygens (including phenoxy) is 4. The number of methoxy groups -OCH3 is 1. The van der Waals surface area contributed by atoms with Gasteiger partial charge in [0.2, 0.25) is 0 Å². The molecule has 0 saturated heterocycles. The van der Waals surface area contributed by atoms with Crippen molar-refractivity contribution in [3.63, 3.8) is 0 Å². The molecule has 0 heterocycles. The van der Waals surface area contributed by atoms with Gasteiger partial charge in [-0.2, -0.15) is 0 Å². The van der Waals surface area contributed by atoms with Crippen LogP contribution in [0.1, 0.15) is 72.3 Å². The first-order chi connectivity index (χ1) is 14.6. The minimum Gasteiger partial charge on any atom is -0.462 e. The molecular formula is C25H42O6. The molecule has 31 heavy (non-hydrogen) atoms. The van der Waals surface area contributed by atoms with E-state index in [1.165, 1.54) is 7.11 Å². The van der Waals surface area contributed by atoms with Gasteiger partial charge in [0.15, 0.2) is 0 Å². The summed E-state index contributed by atoms with van der Waals surface area (Å²) in [7, 11) is 1.53. The lowest BCUT2D eigenvalue weighted by Gasteiger charge is -2.40. The fraction of sp³-hybridized carbons (Fsp3) is 0.720. The highest BCUT2D eigenvalue weighted by Crippen LogP contribution is 2.30. The summed E-state index contributed by atoms with van der Waals surface area (Å²) in [5, 5.41) is 10.9. The topological polar surface area (TPSA) is 74.2 Å². The van der Waals surface area contributed by atoms with Crippen molar-refractivity contribution in [2.24, 2.45) is 5.41 Å². The molecular weight excluding hydrogens is 396 g/mol. The molecule has 0 aromatic heterocycles. The van der Waals surface area contributed by atoms with Crippen LogP contribution in [0.2, 0.25) is 0 Å². The highest BCUT2D eigenvalue weighted by atomic mass is 16.7. The minimum absolute atomic E-state index is 0.00813. The maximum atomic E-state index is 12.2. The van der Waals surface area contributed by atoms with Gasteiger partial charge in [0, 0.05) is 7.11 Å². The van der Waals surface area contributed by atoms with Crippen molar-refractivity contribution in [2.45, 2.75) is 91.1 Å². The van der Waals surface area contributed by atoms with E-state index in [0.717, 1.165) is 31.2 Å². The van der Waals surface area contributed by atoms with Crippen LogP contribution in [0.3, 0.4) is 0 Å². The van der Waals surface area contributed by atoms with Gasteiger partial charge in [-0.1, -0.05) is 62.9 Å². The Kier molecular flexibility index (Phi) is 12.3. The van der Waals surface area contributed by atoms with E-state index in [-0.39, 0.29) is 19.4 Å². The van der Waals surface area contributed by atoms with Crippen LogP contribution < -0.4 is 0 Å². The Morgan fingerprint density at radius 3 is 2.32 bits per heavy atom. The first kappa shape index (κ1) is 27.6. The Bertz CT molecular complexity index is 612. The first-order valence-electron chi connectivity index (χ1n) is 11.3. The number of rotatable bonds is 15. The Labute approximate surface area is 188 Å². The molecule has 0 amide bonds. The molecule has 6 nitrogen and oxygen atoms in total. The van der Waals surface area contributed by atoms with Gasteiger partial charge in [-0.25, -0.2) is 0 Å². The van der Waals surface area contributed by atoms with Crippen LogP contribution in [0, 0.1) is 5.41 Å². The van der Waals surface area contributed by atoms with Crippen LogP contribution in [-0.4, -0.2) is 49.4 Å². The molecule has 0 radical (unpaired) electrons. The van der Waals surface area contributed by atoms with Gasteiger partial charge in [-0.05, 0) is 39.7 Å². The number of hydrogen-bond acceptors (Lipinski definition) is 6. The van der Waals surface area contributed by atoms with E-state index in [1.54, 1.807) is 20.8 Å². The van der Waals surface area contributed by atoms with E-state index in [0.29, 0.717) is 13.0 Å². The number of aliphatic hydroxyl groups is 1. The average Bonchev–Trinajstić information content (AvgIpc) is 2.74. The molecule has 0 aliphatic rings. The van der Waals surface area contributed by atoms with Crippen LogP contribution in [0.5, 0.6) is 0 Å². The van der Waals surface area contributed by atoms with Crippen LogP contribution in [0.15, 0.2) is 30.3 Å². The fourth-order valence-corrected chi connectivity index (χ4v) is 3.32. The summed E-state index contributed by atoms with van der Waals surface area (Å²) in [5.74, 6) is -0.369. The van der Waals surface area contributed by atoms with Crippen molar-refractivity contribution in [1.82, 2.24) is 0 Å². The monoisotopic (exact) mass is 438 g/mol. The van der Waals surface area contributed by atoms with Gasteiger partial charge in [0.1, 0.15) is 25.6 Å². The Morgan fingerprint density at radius 1 is 1.06 bits per heavy atom. The SMILES string of the molecule is CCCCCC[C@](C)(OCc1ccccc1)[C@H](OCOC)[C@H](O)COC(=O)C(C)(C)C.